The third kappa shape index (κ3) is 7.13. The second kappa shape index (κ2) is 10.1. The van der Waals surface area contributed by atoms with E-state index in [1.165, 1.54) is 6.92 Å². The maximum absolute atomic E-state index is 12.0. The predicted molar refractivity (Wildman–Crippen MR) is 96.2 cm³/mol. The zero-order chi connectivity index (χ0) is 18.1. The Morgan fingerprint density at radius 2 is 1.83 bits per heavy atom. The number of benzene rings is 1. The molecule has 0 aromatic heterocycles. The van der Waals surface area contributed by atoms with Crippen molar-refractivity contribution in [2.75, 3.05) is 20.2 Å². The zero-order valence-electron chi connectivity index (χ0n) is 15.2. The maximum atomic E-state index is 12.0. The first-order valence-corrected chi connectivity index (χ1v) is 8.54. The van der Waals surface area contributed by atoms with Crippen molar-refractivity contribution in [3.8, 4) is 5.75 Å². The molecule has 0 saturated carbocycles. The number of nitrogens with two attached hydrogens (primary N) is 1. The average molecular weight is 334 g/mol. The summed E-state index contributed by atoms with van der Waals surface area (Å²) in [5.41, 5.74) is 6.67. The fourth-order valence-electron chi connectivity index (χ4n) is 2.19. The molecule has 0 radical (unpaired) electrons. The van der Waals surface area contributed by atoms with Gasteiger partial charge in [0.05, 0.1) is 6.61 Å². The minimum atomic E-state index is 0.0346. The van der Waals surface area contributed by atoms with Crippen LogP contribution in [0.25, 0.3) is 0 Å². The van der Waals surface area contributed by atoms with Gasteiger partial charge in [0.1, 0.15) is 5.75 Å². The van der Waals surface area contributed by atoms with E-state index in [0.29, 0.717) is 43.2 Å². The number of Topliss-reactive ketones (excluding diaryl/α,β-unsaturated/α-hetero) is 1. The molecule has 5 heteroatoms. The lowest BCUT2D eigenvalue weighted by molar-refractivity contribution is -0.130. The van der Waals surface area contributed by atoms with E-state index < -0.39 is 0 Å². The fraction of sp³-hybridized carbons (Fsp3) is 0.579. The molecule has 0 saturated heterocycles. The van der Waals surface area contributed by atoms with Gasteiger partial charge in [-0.3, -0.25) is 9.59 Å². The molecule has 0 heterocycles. The third-order valence-electron chi connectivity index (χ3n) is 4.14. The van der Waals surface area contributed by atoms with Gasteiger partial charge in [-0.05, 0) is 49.9 Å². The summed E-state index contributed by atoms with van der Waals surface area (Å²) in [7, 11) is 1.82. The van der Waals surface area contributed by atoms with E-state index in [2.05, 4.69) is 13.8 Å². The summed E-state index contributed by atoms with van der Waals surface area (Å²) in [4.78, 5) is 25.0. The van der Waals surface area contributed by atoms with E-state index in [4.69, 9.17) is 10.5 Å². The Morgan fingerprint density at radius 1 is 1.21 bits per heavy atom. The van der Waals surface area contributed by atoms with Crippen LogP contribution in [0.3, 0.4) is 0 Å². The van der Waals surface area contributed by atoms with Crippen LogP contribution < -0.4 is 10.5 Å². The summed E-state index contributed by atoms with van der Waals surface area (Å²) in [6, 6.07) is 7.17. The van der Waals surface area contributed by atoms with Crippen molar-refractivity contribution in [1.82, 2.24) is 4.90 Å². The van der Waals surface area contributed by atoms with Crippen molar-refractivity contribution in [1.29, 1.82) is 0 Å². The number of carbonyl (C=O) groups excluding carboxylic acids is 2. The van der Waals surface area contributed by atoms with E-state index in [1.54, 1.807) is 29.2 Å². The first-order valence-electron chi connectivity index (χ1n) is 8.54. The van der Waals surface area contributed by atoms with E-state index >= 15 is 0 Å². The molecule has 1 aromatic rings. The Balaban J connectivity index is 2.24. The Labute approximate surface area is 145 Å². The van der Waals surface area contributed by atoms with Crippen LogP contribution in [0, 0.1) is 5.92 Å². The van der Waals surface area contributed by atoms with Crippen molar-refractivity contribution in [3.63, 3.8) is 0 Å². The molecule has 1 atom stereocenters. The summed E-state index contributed by atoms with van der Waals surface area (Å²) in [6.45, 7) is 6.88. The number of nitrogens with zero attached hydrogens (tertiary/aromatic N) is 1. The number of rotatable bonds is 10. The highest BCUT2D eigenvalue weighted by Gasteiger charge is 2.12. The normalized spacial score (nSPS) is 12.1. The van der Waals surface area contributed by atoms with Crippen LogP contribution in [0.1, 0.15) is 50.4 Å². The second-order valence-corrected chi connectivity index (χ2v) is 6.54. The van der Waals surface area contributed by atoms with E-state index in [1.807, 2.05) is 7.05 Å². The number of hydrogen-bond acceptors (Lipinski definition) is 4. The van der Waals surface area contributed by atoms with E-state index in [9.17, 15) is 9.59 Å². The molecule has 2 N–H and O–H groups in total. The van der Waals surface area contributed by atoms with Crippen molar-refractivity contribution in [3.05, 3.63) is 29.8 Å². The van der Waals surface area contributed by atoms with Gasteiger partial charge in [-0.1, -0.05) is 13.8 Å². The number of carbonyl (C=O) groups is 2. The minimum Gasteiger partial charge on any atom is -0.494 e. The molecule has 0 aliphatic carbocycles. The Hall–Kier alpha value is -1.88. The highest BCUT2D eigenvalue weighted by molar-refractivity contribution is 5.94. The van der Waals surface area contributed by atoms with Crippen LogP contribution in [-0.4, -0.2) is 42.8 Å². The van der Waals surface area contributed by atoms with Gasteiger partial charge >= 0.3 is 0 Å². The predicted octanol–water partition coefficient (Wildman–Crippen LogP) is 2.88. The lowest BCUT2D eigenvalue weighted by Crippen LogP contribution is -2.34. The van der Waals surface area contributed by atoms with Gasteiger partial charge in [0.2, 0.25) is 5.91 Å². The molecule has 0 fully saturated rings. The Bertz CT molecular complexity index is 526. The van der Waals surface area contributed by atoms with Crippen LogP contribution in [-0.2, 0) is 4.79 Å². The molecular weight excluding hydrogens is 304 g/mol. The van der Waals surface area contributed by atoms with Crippen LogP contribution in [0.15, 0.2) is 24.3 Å². The monoisotopic (exact) mass is 334 g/mol. The number of ketones is 1. The van der Waals surface area contributed by atoms with Gasteiger partial charge in [0.25, 0.3) is 0 Å². The minimum absolute atomic E-state index is 0.0346. The van der Waals surface area contributed by atoms with Crippen molar-refractivity contribution in [2.45, 2.75) is 46.1 Å². The second-order valence-electron chi connectivity index (χ2n) is 6.54. The summed E-state index contributed by atoms with van der Waals surface area (Å²) in [5.74, 6) is 1.29. The van der Waals surface area contributed by atoms with Gasteiger partial charge < -0.3 is 15.4 Å². The Kier molecular flexibility index (Phi) is 8.47. The summed E-state index contributed by atoms with van der Waals surface area (Å²) < 4.78 is 5.60. The van der Waals surface area contributed by atoms with Crippen LogP contribution in [0.5, 0.6) is 5.75 Å². The van der Waals surface area contributed by atoms with Gasteiger partial charge in [0.15, 0.2) is 5.78 Å². The summed E-state index contributed by atoms with van der Waals surface area (Å²) >= 11 is 0. The SMILES string of the molecule is CC(=O)c1ccc(OCCCC(=O)N(C)CCC(N)C(C)C)cc1. The lowest BCUT2D eigenvalue weighted by Gasteiger charge is -2.21. The van der Waals surface area contributed by atoms with Crippen LogP contribution in [0.4, 0.5) is 0 Å². The first-order chi connectivity index (χ1) is 11.3. The largest absolute Gasteiger partial charge is 0.494 e. The molecule has 1 unspecified atom stereocenters. The molecule has 1 amide bonds. The highest BCUT2D eigenvalue weighted by Crippen LogP contribution is 2.13. The van der Waals surface area contributed by atoms with E-state index in [-0.39, 0.29) is 17.7 Å². The molecular formula is C19H30N2O3. The van der Waals surface area contributed by atoms with Crippen LogP contribution in [0.2, 0.25) is 0 Å². The van der Waals surface area contributed by atoms with Crippen molar-refractivity contribution >= 4 is 11.7 Å². The van der Waals surface area contributed by atoms with Gasteiger partial charge in [-0.15, -0.1) is 0 Å². The number of ether oxygens (including phenoxy) is 1. The molecule has 5 nitrogen and oxygen atoms in total. The van der Waals surface area contributed by atoms with Crippen LogP contribution >= 0.6 is 0 Å². The average Bonchev–Trinajstić information content (AvgIpc) is 2.56. The summed E-state index contributed by atoms with van der Waals surface area (Å²) in [6.07, 6.45) is 1.94. The van der Waals surface area contributed by atoms with Gasteiger partial charge in [-0.2, -0.15) is 0 Å². The highest BCUT2D eigenvalue weighted by atomic mass is 16.5. The molecule has 1 rings (SSSR count). The molecule has 0 spiro atoms. The van der Waals surface area contributed by atoms with Crippen molar-refractivity contribution in [2.24, 2.45) is 11.7 Å². The third-order valence-corrected chi connectivity index (χ3v) is 4.14. The number of amides is 1. The molecule has 0 aliphatic rings. The van der Waals surface area contributed by atoms with Gasteiger partial charge in [0, 0.05) is 31.6 Å². The first kappa shape index (κ1) is 20.2. The number of hydrogen-bond donors (Lipinski definition) is 1. The quantitative estimate of drug-likeness (QED) is 0.527. The van der Waals surface area contributed by atoms with Crippen molar-refractivity contribution < 1.29 is 14.3 Å². The van der Waals surface area contributed by atoms with E-state index in [0.717, 1.165) is 6.42 Å². The standard InChI is InChI=1S/C19H30N2O3/c1-14(2)18(20)11-12-21(4)19(23)6-5-13-24-17-9-7-16(8-10-17)15(3)22/h7-10,14,18H,5-6,11-13,20H2,1-4H3. The molecule has 24 heavy (non-hydrogen) atoms. The molecule has 0 bridgehead atoms. The smallest absolute Gasteiger partial charge is 0.222 e. The summed E-state index contributed by atoms with van der Waals surface area (Å²) in [5, 5.41) is 0. The fourth-order valence-corrected chi connectivity index (χ4v) is 2.19. The maximum Gasteiger partial charge on any atom is 0.222 e. The zero-order valence-corrected chi connectivity index (χ0v) is 15.2. The topological polar surface area (TPSA) is 72.6 Å². The molecule has 0 aliphatic heterocycles. The molecule has 134 valence electrons. The lowest BCUT2D eigenvalue weighted by atomic mass is 10.0. The van der Waals surface area contributed by atoms with Gasteiger partial charge in [-0.25, -0.2) is 0 Å². The Morgan fingerprint density at radius 3 is 2.38 bits per heavy atom. The molecule has 1 aromatic carbocycles.